The molecule has 2 amide bonds. The molecule has 0 radical (unpaired) electrons. The van der Waals surface area contributed by atoms with Crippen molar-refractivity contribution < 1.29 is 22.7 Å². The first-order valence-electron chi connectivity index (χ1n) is 13.7. The van der Waals surface area contributed by atoms with Gasteiger partial charge in [0.05, 0.1) is 17.7 Å². The van der Waals surface area contributed by atoms with Crippen LogP contribution in [-0.2, 0) is 26.2 Å². The fourth-order valence-corrected chi connectivity index (χ4v) is 6.44. The Morgan fingerprint density at radius 1 is 0.953 bits per heavy atom. The molecule has 12 heteroatoms. The van der Waals surface area contributed by atoms with Gasteiger partial charge in [0, 0.05) is 28.2 Å². The van der Waals surface area contributed by atoms with Crippen LogP contribution in [-0.4, -0.2) is 51.4 Å². The van der Waals surface area contributed by atoms with Crippen LogP contribution in [0.3, 0.4) is 0 Å². The molecule has 1 atom stereocenters. The van der Waals surface area contributed by atoms with Crippen LogP contribution in [0.4, 0.5) is 5.69 Å². The third-order valence-corrected chi connectivity index (χ3v) is 9.32. The van der Waals surface area contributed by atoms with E-state index in [9.17, 15) is 18.0 Å². The Balaban J connectivity index is 2.14. The van der Waals surface area contributed by atoms with Crippen LogP contribution in [0.15, 0.2) is 65.6 Å². The standard InChI is InChI=1S/C31H36Cl3N3O5S/c1-6-27(31(39)35-17-20(2)3)36(18-22-9-10-23(32)15-26(22)34)30(38)19-37(28-16-24(33)11-14-29(28)42-5)43(40,41)25-12-7-21(4)8-13-25/h7-16,20,27H,6,17-19H2,1-5H3,(H,35,39)/t27-/m1/s1. The van der Waals surface area contributed by atoms with E-state index in [4.69, 9.17) is 39.5 Å². The number of sulfonamides is 1. The summed E-state index contributed by atoms with van der Waals surface area (Å²) in [5.41, 5.74) is 1.49. The number of amides is 2. The summed E-state index contributed by atoms with van der Waals surface area (Å²) >= 11 is 18.9. The van der Waals surface area contributed by atoms with Crippen molar-refractivity contribution in [1.29, 1.82) is 0 Å². The lowest BCUT2D eigenvalue weighted by Gasteiger charge is -2.34. The molecule has 0 heterocycles. The van der Waals surface area contributed by atoms with Gasteiger partial charge in [0.15, 0.2) is 0 Å². The lowest BCUT2D eigenvalue weighted by atomic mass is 10.1. The van der Waals surface area contributed by atoms with E-state index >= 15 is 0 Å². The zero-order valence-electron chi connectivity index (χ0n) is 24.7. The van der Waals surface area contributed by atoms with Crippen molar-refractivity contribution in [2.24, 2.45) is 5.92 Å². The van der Waals surface area contributed by atoms with Crippen LogP contribution < -0.4 is 14.4 Å². The Morgan fingerprint density at radius 2 is 1.58 bits per heavy atom. The van der Waals surface area contributed by atoms with E-state index in [1.165, 1.54) is 36.3 Å². The zero-order chi connectivity index (χ0) is 31.9. The van der Waals surface area contributed by atoms with Crippen LogP contribution in [0, 0.1) is 12.8 Å². The molecular weight excluding hydrogens is 633 g/mol. The average Bonchev–Trinajstić information content (AvgIpc) is 2.95. The summed E-state index contributed by atoms with van der Waals surface area (Å²) in [6, 6.07) is 14.7. The van der Waals surface area contributed by atoms with E-state index in [1.54, 1.807) is 43.3 Å². The van der Waals surface area contributed by atoms with Gasteiger partial charge in [-0.2, -0.15) is 0 Å². The Hall–Kier alpha value is -2.98. The number of benzene rings is 3. The lowest BCUT2D eigenvalue weighted by Crippen LogP contribution is -2.52. The second-order valence-corrected chi connectivity index (χ2v) is 13.6. The number of aryl methyl sites for hydroxylation is 1. The van der Waals surface area contributed by atoms with Crippen molar-refractivity contribution in [2.75, 3.05) is 24.5 Å². The molecule has 0 bridgehead atoms. The first kappa shape index (κ1) is 34.5. The van der Waals surface area contributed by atoms with E-state index in [2.05, 4.69) is 5.32 Å². The second-order valence-electron chi connectivity index (χ2n) is 10.5. The van der Waals surface area contributed by atoms with Crippen molar-refractivity contribution in [3.05, 3.63) is 86.9 Å². The third kappa shape index (κ3) is 8.79. The van der Waals surface area contributed by atoms with E-state index in [-0.39, 0.29) is 46.1 Å². The van der Waals surface area contributed by atoms with Crippen LogP contribution in [0.2, 0.25) is 15.1 Å². The maximum absolute atomic E-state index is 14.3. The van der Waals surface area contributed by atoms with Crippen LogP contribution in [0.5, 0.6) is 5.75 Å². The molecule has 232 valence electrons. The Labute approximate surface area is 268 Å². The quantitative estimate of drug-likeness (QED) is 0.218. The maximum atomic E-state index is 14.3. The number of halogens is 3. The Kier molecular flexibility index (Phi) is 12.2. The number of hydrogen-bond donors (Lipinski definition) is 1. The van der Waals surface area contributed by atoms with Gasteiger partial charge >= 0.3 is 0 Å². The topological polar surface area (TPSA) is 96.0 Å². The maximum Gasteiger partial charge on any atom is 0.264 e. The summed E-state index contributed by atoms with van der Waals surface area (Å²) in [7, 11) is -2.91. The molecule has 0 saturated heterocycles. The molecule has 8 nitrogen and oxygen atoms in total. The van der Waals surface area contributed by atoms with E-state index < -0.39 is 28.5 Å². The molecule has 3 rings (SSSR count). The molecule has 0 aliphatic rings. The summed E-state index contributed by atoms with van der Waals surface area (Å²) < 4.78 is 34.7. The van der Waals surface area contributed by atoms with E-state index in [1.807, 2.05) is 20.8 Å². The predicted molar refractivity (Wildman–Crippen MR) is 173 cm³/mol. The monoisotopic (exact) mass is 667 g/mol. The lowest BCUT2D eigenvalue weighted by molar-refractivity contribution is -0.140. The van der Waals surface area contributed by atoms with Gasteiger partial charge in [-0.15, -0.1) is 0 Å². The molecule has 43 heavy (non-hydrogen) atoms. The SMILES string of the molecule is CC[C@H](C(=O)NCC(C)C)N(Cc1ccc(Cl)cc1Cl)C(=O)CN(c1cc(Cl)ccc1OC)S(=O)(=O)c1ccc(C)cc1. The molecule has 0 fully saturated rings. The minimum Gasteiger partial charge on any atom is -0.495 e. The largest absolute Gasteiger partial charge is 0.495 e. The summed E-state index contributed by atoms with van der Waals surface area (Å²) in [6.45, 7) is 7.25. The Bertz CT molecular complexity index is 1550. The van der Waals surface area contributed by atoms with Gasteiger partial charge in [0.1, 0.15) is 18.3 Å². The average molecular weight is 669 g/mol. The highest BCUT2D eigenvalue weighted by Gasteiger charge is 2.35. The molecule has 3 aromatic rings. The van der Waals surface area contributed by atoms with Gasteiger partial charge in [-0.3, -0.25) is 13.9 Å². The van der Waals surface area contributed by atoms with Gasteiger partial charge < -0.3 is 15.0 Å². The molecule has 1 N–H and O–H groups in total. The predicted octanol–water partition coefficient (Wildman–Crippen LogP) is 6.74. The number of methoxy groups -OCH3 is 1. The van der Waals surface area contributed by atoms with Crippen LogP contribution in [0.1, 0.15) is 38.3 Å². The summed E-state index contributed by atoms with van der Waals surface area (Å²) in [5, 5.41) is 3.86. The molecule has 0 unspecified atom stereocenters. The number of ether oxygens (including phenoxy) is 1. The summed E-state index contributed by atoms with van der Waals surface area (Å²) in [4.78, 5) is 29.0. The van der Waals surface area contributed by atoms with Gasteiger partial charge in [-0.25, -0.2) is 8.42 Å². The molecule has 0 aliphatic carbocycles. The highest BCUT2D eigenvalue weighted by molar-refractivity contribution is 7.92. The number of rotatable bonds is 13. The van der Waals surface area contributed by atoms with E-state index in [0.717, 1.165) is 9.87 Å². The minimum absolute atomic E-state index is 0.0260. The minimum atomic E-state index is -4.31. The van der Waals surface area contributed by atoms with Crippen LogP contribution in [0.25, 0.3) is 0 Å². The smallest absolute Gasteiger partial charge is 0.264 e. The summed E-state index contributed by atoms with van der Waals surface area (Å²) in [5.74, 6) is -0.609. The van der Waals surface area contributed by atoms with Gasteiger partial charge in [-0.05, 0) is 67.3 Å². The molecule has 0 aliphatic heterocycles. The summed E-state index contributed by atoms with van der Waals surface area (Å²) in [6.07, 6.45) is 0.270. The van der Waals surface area contributed by atoms with Crippen molar-refractivity contribution in [3.63, 3.8) is 0 Å². The first-order chi connectivity index (χ1) is 20.3. The fraction of sp³-hybridized carbons (Fsp3) is 0.355. The molecular formula is C31H36Cl3N3O5S. The molecule has 3 aromatic carbocycles. The number of nitrogens with one attached hydrogen (secondary N) is 1. The molecule has 0 spiro atoms. The van der Waals surface area contributed by atoms with Gasteiger partial charge in [0.25, 0.3) is 10.0 Å². The van der Waals surface area contributed by atoms with Crippen molar-refractivity contribution in [2.45, 2.75) is 51.6 Å². The van der Waals surface area contributed by atoms with E-state index in [0.29, 0.717) is 22.2 Å². The van der Waals surface area contributed by atoms with Crippen molar-refractivity contribution >= 4 is 62.3 Å². The second kappa shape index (κ2) is 15.1. The zero-order valence-corrected chi connectivity index (χ0v) is 27.8. The molecule has 0 saturated carbocycles. The normalized spacial score (nSPS) is 12.1. The number of nitrogens with zero attached hydrogens (tertiary/aromatic N) is 2. The Morgan fingerprint density at radius 3 is 2.16 bits per heavy atom. The number of hydrogen-bond acceptors (Lipinski definition) is 5. The van der Waals surface area contributed by atoms with Crippen molar-refractivity contribution in [3.8, 4) is 5.75 Å². The highest BCUT2D eigenvalue weighted by atomic mass is 35.5. The number of carbonyl (C=O) groups excluding carboxylic acids is 2. The first-order valence-corrected chi connectivity index (χ1v) is 16.3. The van der Waals surface area contributed by atoms with Gasteiger partial charge in [-0.1, -0.05) is 79.3 Å². The number of carbonyl (C=O) groups is 2. The molecule has 0 aromatic heterocycles. The van der Waals surface area contributed by atoms with Gasteiger partial charge in [0.2, 0.25) is 11.8 Å². The van der Waals surface area contributed by atoms with Crippen molar-refractivity contribution in [1.82, 2.24) is 10.2 Å². The highest BCUT2D eigenvalue weighted by Crippen LogP contribution is 2.35. The number of anilines is 1. The fourth-order valence-electron chi connectivity index (χ4n) is 4.38. The van der Waals surface area contributed by atoms with Crippen LogP contribution >= 0.6 is 34.8 Å². The third-order valence-electron chi connectivity index (χ3n) is 6.72.